The lowest BCUT2D eigenvalue weighted by Crippen LogP contribution is -2.42. The third-order valence-electron chi connectivity index (χ3n) is 4.94. The maximum absolute atomic E-state index is 12.8. The Morgan fingerprint density at radius 3 is 2.32 bits per heavy atom. The minimum absolute atomic E-state index is 0.114. The third kappa shape index (κ3) is 4.97. The zero-order valence-corrected chi connectivity index (χ0v) is 18.9. The van der Waals surface area contributed by atoms with Gasteiger partial charge in [-0.1, -0.05) is 0 Å². The van der Waals surface area contributed by atoms with Crippen molar-refractivity contribution in [2.45, 2.75) is 50.5 Å². The summed E-state index contributed by atoms with van der Waals surface area (Å²) in [7, 11) is -4.52. The van der Waals surface area contributed by atoms with Gasteiger partial charge in [-0.15, -0.1) is 0 Å². The van der Waals surface area contributed by atoms with Gasteiger partial charge in [0.1, 0.15) is 22.8 Å². The Morgan fingerprint density at radius 2 is 1.82 bits per heavy atom. The fraction of sp³-hybridized carbons (Fsp3) is 0.333. The van der Waals surface area contributed by atoms with Crippen molar-refractivity contribution < 1.29 is 35.1 Å². The highest BCUT2D eigenvalue weighted by molar-refractivity contribution is 7.89. The van der Waals surface area contributed by atoms with Crippen molar-refractivity contribution in [3.05, 3.63) is 42.1 Å². The second-order valence-corrected chi connectivity index (χ2v) is 9.33. The molecule has 0 aliphatic rings. The molecule has 13 heteroatoms. The molecule has 1 aromatic carbocycles. The molecule has 0 amide bonds. The minimum Gasteiger partial charge on any atom is -0.435 e. The Balaban J connectivity index is 2.12. The van der Waals surface area contributed by atoms with Crippen molar-refractivity contribution in [1.29, 1.82) is 5.26 Å². The second kappa shape index (κ2) is 9.19. The number of benzene rings is 1. The molecule has 0 radical (unpaired) electrons. The van der Waals surface area contributed by atoms with Crippen LogP contribution in [0.15, 0.2) is 41.4 Å². The van der Waals surface area contributed by atoms with Crippen LogP contribution in [0.2, 0.25) is 0 Å². The molecule has 3 rings (SSSR count). The lowest BCUT2D eigenvalue weighted by molar-refractivity contribution is -0.147. The number of alkyl halides is 5. The van der Waals surface area contributed by atoms with Crippen molar-refractivity contribution >= 4 is 20.9 Å². The van der Waals surface area contributed by atoms with Gasteiger partial charge in [0.2, 0.25) is 10.0 Å². The van der Waals surface area contributed by atoms with Gasteiger partial charge in [-0.2, -0.15) is 31.9 Å². The van der Waals surface area contributed by atoms with E-state index in [1.807, 2.05) is 0 Å². The molecule has 1 N–H and O–H groups in total. The predicted octanol–water partition coefficient (Wildman–Crippen LogP) is 4.99. The number of pyridine rings is 1. The number of nitriles is 1. The number of aromatic nitrogens is 2. The molecule has 0 spiro atoms. The SMILES string of the molecule is CC(C)n1c(-c2ccc(S(=O)(=O)N[C@@H](C)C(F)(F)F)cn2)c(C#N)c2ccc(OC(F)F)cc21. The van der Waals surface area contributed by atoms with Crippen LogP contribution in [0.4, 0.5) is 22.0 Å². The van der Waals surface area contributed by atoms with E-state index in [-0.39, 0.29) is 23.0 Å². The summed E-state index contributed by atoms with van der Waals surface area (Å²) in [6.07, 6.45) is -3.89. The molecule has 182 valence electrons. The normalized spacial score (nSPS) is 13.4. The molecule has 34 heavy (non-hydrogen) atoms. The van der Waals surface area contributed by atoms with Crippen molar-refractivity contribution in [3.63, 3.8) is 0 Å². The van der Waals surface area contributed by atoms with Crippen molar-refractivity contribution in [2.24, 2.45) is 0 Å². The Kier molecular flexibility index (Phi) is 6.86. The van der Waals surface area contributed by atoms with Crippen LogP contribution in [-0.2, 0) is 10.0 Å². The molecule has 0 saturated heterocycles. The van der Waals surface area contributed by atoms with Gasteiger partial charge >= 0.3 is 12.8 Å². The van der Waals surface area contributed by atoms with E-state index in [0.29, 0.717) is 23.5 Å². The Bertz CT molecular complexity index is 1340. The quantitative estimate of drug-likeness (QED) is 0.460. The van der Waals surface area contributed by atoms with Crippen LogP contribution in [0.3, 0.4) is 0 Å². The lowest BCUT2D eigenvalue weighted by Gasteiger charge is -2.17. The summed E-state index contributed by atoms with van der Waals surface area (Å²) in [5.41, 5.74) is 1.04. The summed E-state index contributed by atoms with van der Waals surface area (Å²) in [5.74, 6) is -0.114. The molecule has 0 bridgehead atoms. The highest BCUT2D eigenvalue weighted by Gasteiger charge is 2.39. The highest BCUT2D eigenvalue weighted by atomic mass is 32.2. The summed E-state index contributed by atoms with van der Waals surface area (Å²) in [6, 6.07) is 5.90. The van der Waals surface area contributed by atoms with Gasteiger partial charge in [0.15, 0.2) is 0 Å². The first-order valence-corrected chi connectivity index (χ1v) is 11.3. The Hall–Kier alpha value is -3.24. The first kappa shape index (κ1) is 25.4. The molecule has 1 atom stereocenters. The number of halogens is 5. The van der Waals surface area contributed by atoms with Gasteiger partial charge in [0.05, 0.1) is 22.5 Å². The lowest BCUT2D eigenvalue weighted by atomic mass is 10.1. The molecule has 0 fully saturated rings. The number of fused-ring (bicyclic) bond motifs is 1. The zero-order chi connectivity index (χ0) is 25.4. The van der Waals surface area contributed by atoms with Crippen LogP contribution in [0.25, 0.3) is 22.3 Å². The molecule has 0 unspecified atom stereocenters. The van der Waals surface area contributed by atoms with E-state index in [9.17, 15) is 35.6 Å². The van der Waals surface area contributed by atoms with Crippen LogP contribution in [-0.4, -0.2) is 36.8 Å². The summed E-state index contributed by atoms with van der Waals surface area (Å²) in [5, 5.41) is 10.2. The van der Waals surface area contributed by atoms with Crippen molar-refractivity contribution in [2.75, 3.05) is 0 Å². The van der Waals surface area contributed by atoms with Crippen molar-refractivity contribution in [3.8, 4) is 23.2 Å². The van der Waals surface area contributed by atoms with Crippen LogP contribution in [0.1, 0.15) is 32.4 Å². The van der Waals surface area contributed by atoms with Gasteiger partial charge < -0.3 is 9.30 Å². The highest BCUT2D eigenvalue weighted by Crippen LogP contribution is 2.37. The molecule has 7 nitrogen and oxygen atoms in total. The second-order valence-electron chi connectivity index (χ2n) is 7.62. The maximum Gasteiger partial charge on any atom is 0.404 e. The van der Waals surface area contributed by atoms with E-state index in [1.54, 1.807) is 23.1 Å². The van der Waals surface area contributed by atoms with Crippen LogP contribution < -0.4 is 9.46 Å². The van der Waals surface area contributed by atoms with Crippen LogP contribution in [0, 0.1) is 11.3 Å². The molecular weight excluding hydrogens is 483 g/mol. The van der Waals surface area contributed by atoms with Gasteiger partial charge in [0.25, 0.3) is 0 Å². The largest absolute Gasteiger partial charge is 0.435 e. The first-order valence-electron chi connectivity index (χ1n) is 9.84. The summed E-state index contributed by atoms with van der Waals surface area (Å²) >= 11 is 0. The van der Waals surface area contributed by atoms with Gasteiger partial charge in [-0.25, -0.2) is 8.42 Å². The van der Waals surface area contributed by atoms with Gasteiger partial charge in [0, 0.05) is 23.7 Å². The number of hydrogen-bond donors (Lipinski definition) is 1. The summed E-state index contributed by atoms with van der Waals surface area (Å²) in [4.78, 5) is 3.58. The number of rotatable bonds is 7. The van der Waals surface area contributed by atoms with Gasteiger partial charge in [-0.3, -0.25) is 4.98 Å². The molecule has 2 aromatic heterocycles. The topological polar surface area (TPSA) is 97.0 Å². The monoisotopic (exact) mass is 502 g/mol. The fourth-order valence-electron chi connectivity index (χ4n) is 3.41. The summed E-state index contributed by atoms with van der Waals surface area (Å²) < 4.78 is 95.9. The third-order valence-corrected chi connectivity index (χ3v) is 6.47. The van der Waals surface area contributed by atoms with Gasteiger partial charge in [-0.05, 0) is 45.0 Å². The van der Waals surface area contributed by atoms with Crippen molar-refractivity contribution in [1.82, 2.24) is 14.3 Å². The number of nitrogens with zero attached hydrogens (tertiary/aromatic N) is 3. The molecular formula is C21H19F5N4O3S. The smallest absolute Gasteiger partial charge is 0.404 e. The fourth-order valence-corrected chi connectivity index (χ4v) is 4.59. The molecule has 0 saturated carbocycles. The zero-order valence-electron chi connectivity index (χ0n) is 18.1. The first-order chi connectivity index (χ1) is 15.8. The molecule has 0 aliphatic carbocycles. The van der Waals surface area contributed by atoms with E-state index in [0.717, 1.165) is 12.3 Å². The van der Waals surface area contributed by atoms with E-state index < -0.39 is 33.7 Å². The summed E-state index contributed by atoms with van der Waals surface area (Å²) in [6.45, 7) is 1.20. The van der Waals surface area contributed by atoms with E-state index in [1.165, 1.54) is 24.3 Å². The number of hydrogen-bond acceptors (Lipinski definition) is 5. The number of sulfonamides is 1. The molecule has 2 heterocycles. The maximum atomic E-state index is 12.8. The van der Waals surface area contributed by atoms with E-state index in [2.05, 4.69) is 15.8 Å². The average molecular weight is 502 g/mol. The number of nitrogens with one attached hydrogen (secondary N) is 1. The Morgan fingerprint density at radius 1 is 1.15 bits per heavy atom. The molecule has 0 aliphatic heterocycles. The van der Waals surface area contributed by atoms with Crippen LogP contribution >= 0.6 is 0 Å². The average Bonchev–Trinajstić information content (AvgIpc) is 3.06. The minimum atomic E-state index is -4.77. The number of ether oxygens (including phenoxy) is 1. The predicted molar refractivity (Wildman–Crippen MR) is 113 cm³/mol. The van der Waals surface area contributed by atoms with Crippen LogP contribution in [0.5, 0.6) is 5.75 Å². The van der Waals surface area contributed by atoms with E-state index in [4.69, 9.17) is 0 Å². The molecule has 3 aromatic rings. The Labute approximate surface area is 191 Å². The standard InChI is InChI=1S/C21H19F5N4O3S/c1-11(2)30-18-8-13(33-20(22)23)4-6-15(18)16(9-27)19(30)17-7-5-14(10-28-17)34(31,32)29-12(3)21(24,25)26/h4-8,10-12,20,29H,1-3H3/t12-/m0/s1. The van der Waals surface area contributed by atoms with E-state index >= 15 is 0 Å².